The number of hydrogen-bond donors (Lipinski definition) is 1. The number of carbonyl (C=O) groups excluding carboxylic acids is 2. The molecule has 1 spiro atoms. The van der Waals surface area contributed by atoms with Crippen LogP contribution >= 0.6 is 0 Å². The number of nitrogens with zero attached hydrogens (tertiary/aromatic N) is 6. The highest BCUT2D eigenvalue weighted by Gasteiger charge is 2.66. The van der Waals surface area contributed by atoms with Gasteiger partial charge in [-0.3, -0.25) is 14.3 Å². The Bertz CT molecular complexity index is 2590. The van der Waals surface area contributed by atoms with E-state index in [2.05, 4.69) is 75.4 Å². The average molecular weight is 891 g/mol. The maximum atomic E-state index is 15.7. The minimum absolute atomic E-state index is 0.0190. The number of aromatic nitrogens is 3. The predicted octanol–water partition coefficient (Wildman–Crippen LogP) is 9.29. The van der Waals surface area contributed by atoms with Crippen molar-refractivity contribution in [2.24, 2.45) is 11.0 Å². The fourth-order valence-electron chi connectivity index (χ4n) is 10.3. The molecule has 3 aliphatic heterocycles. The quantitative estimate of drug-likeness (QED) is 0.0775. The van der Waals surface area contributed by atoms with Gasteiger partial charge < -0.3 is 19.5 Å². The van der Waals surface area contributed by atoms with Crippen molar-refractivity contribution in [3.63, 3.8) is 0 Å². The molecule has 1 saturated heterocycles. The van der Waals surface area contributed by atoms with E-state index in [1.807, 2.05) is 107 Å². The number of aryl methyl sites for hydroxylation is 1. The number of aliphatic hydroxyl groups excluding tert-OH is 1. The second kappa shape index (κ2) is 19.3. The lowest BCUT2D eigenvalue weighted by atomic mass is 9.82. The number of rotatable bonds is 16. The van der Waals surface area contributed by atoms with Crippen LogP contribution in [0.15, 0.2) is 138 Å². The van der Waals surface area contributed by atoms with Gasteiger partial charge in [-0.2, -0.15) is 5.10 Å². The molecule has 5 aromatic rings. The maximum Gasteiger partial charge on any atom is 0.264 e. The topological polar surface area (TPSA) is 122 Å². The third-order valence-electron chi connectivity index (χ3n) is 13.9. The Balaban J connectivity index is 1.20. The van der Waals surface area contributed by atoms with Crippen molar-refractivity contribution >= 4 is 42.2 Å². The molecule has 0 aliphatic carbocycles. The summed E-state index contributed by atoms with van der Waals surface area (Å²) in [6, 6.07) is 34.1. The number of methoxy groups -OCH3 is 1. The number of benzene rings is 4. The maximum absolute atomic E-state index is 15.7. The van der Waals surface area contributed by atoms with Crippen molar-refractivity contribution in [1.29, 1.82) is 0 Å². The molecule has 11 nitrogen and oxygen atoms in total. The molecular weight excluding hydrogens is 829 g/mol. The van der Waals surface area contributed by atoms with Crippen LogP contribution in [-0.2, 0) is 26.5 Å². The molecule has 0 radical (unpaired) electrons. The highest BCUT2D eigenvalue weighted by atomic mass is 28.3. The molecule has 1 aromatic heterocycles. The van der Waals surface area contributed by atoms with Crippen LogP contribution in [-0.4, -0.2) is 72.1 Å². The fourth-order valence-corrected chi connectivity index (χ4v) is 14.4. The Hall–Kier alpha value is -5.95. The van der Waals surface area contributed by atoms with Crippen molar-refractivity contribution in [3.05, 3.63) is 155 Å². The first-order valence-electron chi connectivity index (χ1n) is 22.9. The van der Waals surface area contributed by atoms with Crippen LogP contribution in [0.5, 0.6) is 5.75 Å². The summed E-state index contributed by atoms with van der Waals surface area (Å²) < 4.78 is 14.9. The zero-order chi connectivity index (χ0) is 45.9. The van der Waals surface area contributed by atoms with Crippen LogP contribution in [0.25, 0.3) is 0 Å². The molecule has 1 fully saturated rings. The number of allylic oxidation sites excluding steroid dienone is 3. The standard InChI is InChI=1S/C53H62N6O5Si/c1-36(2)15-14-16-37(3)29-32-58-48-27-21-41(59-50(61)28-26-46(55-59)40-19-12-9-13-20-40)33-45(48)53(52(58)62)38(4)51(65(6,7)43-24-22-42(63-5)23-25-43)49(64-53)30-31-57-34-47(54-56-57)44(35-60)39-17-10-8-11-18-39/h8-13,15,17-25,27,29,33-34,38,44,49,51,60H,14,16,26,28,30-32,35H2,1-7H3/b37-29+/t38-,44?,49+,51-,53+/m0/s1. The molecule has 12 heteroatoms. The van der Waals surface area contributed by atoms with Crippen molar-refractivity contribution < 1.29 is 24.2 Å². The highest BCUT2D eigenvalue weighted by molar-refractivity contribution is 6.91. The smallest absolute Gasteiger partial charge is 0.264 e. The zero-order valence-electron chi connectivity index (χ0n) is 38.8. The summed E-state index contributed by atoms with van der Waals surface area (Å²) in [5.74, 6) is 0.0463. The molecule has 4 heterocycles. The third kappa shape index (κ3) is 9.04. The van der Waals surface area contributed by atoms with Gasteiger partial charge in [-0.25, -0.2) is 5.01 Å². The van der Waals surface area contributed by atoms with Crippen molar-refractivity contribution in [2.45, 2.75) is 103 Å². The van der Waals surface area contributed by atoms with Gasteiger partial charge in [0, 0.05) is 43.6 Å². The van der Waals surface area contributed by atoms with Gasteiger partial charge in [-0.05, 0) is 87.0 Å². The molecule has 65 heavy (non-hydrogen) atoms. The van der Waals surface area contributed by atoms with E-state index in [1.54, 1.807) is 7.11 Å². The lowest BCUT2D eigenvalue weighted by Crippen LogP contribution is -2.52. The van der Waals surface area contributed by atoms with Gasteiger partial charge in [0.2, 0.25) is 5.91 Å². The Morgan fingerprint density at radius 1 is 0.954 bits per heavy atom. The van der Waals surface area contributed by atoms with Gasteiger partial charge in [0.05, 0.1) is 56.6 Å². The van der Waals surface area contributed by atoms with Gasteiger partial charge in [0.1, 0.15) is 5.75 Å². The molecule has 8 rings (SSSR count). The van der Waals surface area contributed by atoms with E-state index in [0.29, 0.717) is 43.7 Å². The molecule has 1 N–H and O–H groups in total. The predicted molar refractivity (Wildman–Crippen MR) is 261 cm³/mol. The number of fused-ring (bicyclic) bond motifs is 2. The molecule has 2 amide bonds. The number of carbonyl (C=O) groups is 2. The monoisotopic (exact) mass is 890 g/mol. The summed E-state index contributed by atoms with van der Waals surface area (Å²) in [6.07, 6.45) is 9.27. The molecule has 0 bridgehead atoms. The number of hydrogen-bond acceptors (Lipinski definition) is 8. The number of amides is 2. The summed E-state index contributed by atoms with van der Waals surface area (Å²) in [7, 11) is -0.796. The van der Waals surface area contributed by atoms with Crippen LogP contribution in [0, 0.1) is 5.92 Å². The van der Waals surface area contributed by atoms with Crippen LogP contribution in [0.1, 0.15) is 88.1 Å². The first kappa shape index (κ1) is 45.6. The lowest BCUT2D eigenvalue weighted by Gasteiger charge is -2.37. The minimum atomic E-state index is -2.47. The Kier molecular flexibility index (Phi) is 13.5. The Labute approximate surface area is 384 Å². The zero-order valence-corrected chi connectivity index (χ0v) is 39.8. The number of ether oxygens (including phenoxy) is 2. The van der Waals surface area contributed by atoms with E-state index in [4.69, 9.17) is 14.6 Å². The highest BCUT2D eigenvalue weighted by Crippen LogP contribution is 2.60. The summed E-state index contributed by atoms with van der Waals surface area (Å²) in [4.78, 5) is 31.3. The summed E-state index contributed by atoms with van der Waals surface area (Å²) in [6.45, 7) is 14.1. The van der Waals surface area contributed by atoms with Gasteiger partial charge in [-0.15, -0.1) is 5.10 Å². The van der Waals surface area contributed by atoms with Crippen LogP contribution in [0.2, 0.25) is 18.6 Å². The lowest BCUT2D eigenvalue weighted by molar-refractivity contribution is -0.145. The van der Waals surface area contributed by atoms with Crippen molar-refractivity contribution in [1.82, 2.24) is 15.0 Å². The van der Waals surface area contributed by atoms with E-state index < -0.39 is 13.7 Å². The molecule has 5 atom stereocenters. The summed E-state index contributed by atoms with van der Waals surface area (Å²) >= 11 is 0. The number of hydrazone groups is 1. The van der Waals surface area contributed by atoms with Gasteiger partial charge >= 0.3 is 0 Å². The summed E-state index contributed by atoms with van der Waals surface area (Å²) in [5, 5.41) is 27.2. The van der Waals surface area contributed by atoms with E-state index in [1.165, 1.54) is 21.3 Å². The first-order chi connectivity index (χ1) is 31.3. The second-order valence-electron chi connectivity index (χ2n) is 18.6. The van der Waals surface area contributed by atoms with Crippen molar-refractivity contribution in [3.8, 4) is 5.75 Å². The van der Waals surface area contributed by atoms with E-state index in [0.717, 1.165) is 46.7 Å². The second-order valence-corrected chi connectivity index (χ2v) is 23.3. The molecular formula is C53H62N6O5Si. The molecule has 4 aromatic carbocycles. The largest absolute Gasteiger partial charge is 0.497 e. The van der Waals surface area contributed by atoms with E-state index >= 15 is 4.79 Å². The Morgan fingerprint density at radius 3 is 2.37 bits per heavy atom. The van der Waals surface area contributed by atoms with Gasteiger partial charge in [0.25, 0.3) is 5.91 Å². The van der Waals surface area contributed by atoms with Crippen LogP contribution in [0.3, 0.4) is 0 Å². The minimum Gasteiger partial charge on any atom is -0.497 e. The first-order valence-corrected chi connectivity index (χ1v) is 26.0. The normalized spacial score (nSPS) is 21.4. The molecule has 0 saturated carbocycles. The van der Waals surface area contributed by atoms with Crippen molar-refractivity contribution in [2.75, 3.05) is 30.2 Å². The summed E-state index contributed by atoms with van der Waals surface area (Å²) in [5.41, 5.74) is 6.79. The molecule has 1 unspecified atom stereocenters. The van der Waals surface area contributed by atoms with Crippen LogP contribution < -0.4 is 19.8 Å². The SMILES string of the molecule is COc1ccc([Si](C)(C)[C@@H]2[C@@H](CCn3cc(C(CO)c4ccccc4)nn3)O[C@]3(C(=O)N(C/C=C(\C)CCC=C(C)C)c4ccc(N5N=C(c6ccccc6)CCC5=O)cc43)[C@H]2C)cc1. The van der Waals surface area contributed by atoms with Gasteiger partial charge in [-0.1, -0.05) is 127 Å². The van der Waals surface area contributed by atoms with Crippen LogP contribution in [0.4, 0.5) is 11.4 Å². The van der Waals surface area contributed by atoms with Gasteiger partial charge in [0.15, 0.2) is 5.60 Å². The Morgan fingerprint density at radius 2 is 1.68 bits per heavy atom. The van der Waals surface area contributed by atoms with E-state index in [-0.39, 0.29) is 41.9 Å². The molecule has 338 valence electrons. The number of anilines is 2. The molecule has 3 aliphatic rings. The third-order valence-corrected chi connectivity index (χ3v) is 18.2. The van der Waals surface area contributed by atoms with E-state index in [9.17, 15) is 9.90 Å². The number of aliphatic hydroxyl groups is 1. The fraction of sp³-hybridized carbons (Fsp3) is 0.377. The average Bonchev–Trinajstić information content (AvgIpc) is 3.98.